The van der Waals surface area contributed by atoms with Gasteiger partial charge in [0.15, 0.2) is 5.75 Å². The fourth-order valence-electron chi connectivity index (χ4n) is 1.10. The number of ether oxygens (including phenoxy) is 1. The van der Waals surface area contributed by atoms with Crippen LogP contribution in [0.1, 0.15) is 15.9 Å². The van der Waals surface area contributed by atoms with Crippen LogP contribution >= 0.6 is 0 Å². The summed E-state index contributed by atoms with van der Waals surface area (Å²) in [5.41, 5.74) is -1.35. The van der Waals surface area contributed by atoms with Crippen molar-refractivity contribution in [2.75, 3.05) is 7.11 Å². The molecule has 0 radical (unpaired) electrons. The number of alkyl halides is 3. The first-order chi connectivity index (χ1) is 7.40. The van der Waals surface area contributed by atoms with Crippen molar-refractivity contribution in [2.45, 2.75) is 6.18 Å². The van der Waals surface area contributed by atoms with Crippen LogP contribution in [-0.4, -0.2) is 13.1 Å². The van der Waals surface area contributed by atoms with Gasteiger partial charge in [-0.3, -0.25) is 0 Å². The van der Waals surface area contributed by atoms with Gasteiger partial charge in [-0.2, -0.15) is 19.1 Å². The van der Waals surface area contributed by atoms with E-state index in [1.54, 1.807) is 0 Å². The van der Waals surface area contributed by atoms with Crippen LogP contribution in [0.3, 0.4) is 0 Å². The van der Waals surface area contributed by atoms with E-state index in [0.29, 0.717) is 6.07 Å². The molecule has 0 atom stereocenters. The molecule has 0 aliphatic rings. The molecular weight excluding hydrogens is 227 g/mol. The predicted octanol–water partition coefficient (Wildman–Crippen LogP) is 1.74. The molecule has 0 unspecified atom stereocenters. The lowest BCUT2D eigenvalue weighted by Gasteiger charge is -2.11. The van der Waals surface area contributed by atoms with Crippen molar-refractivity contribution in [1.29, 1.82) is 0 Å². The van der Waals surface area contributed by atoms with Gasteiger partial charge >= 0.3 is 12.1 Å². The molecule has 0 spiro atoms. The van der Waals surface area contributed by atoms with Gasteiger partial charge in [0.25, 0.3) is 0 Å². The SMILES string of the molecule is COC(=O)c1ccc(ON)c(C(F)(F)F)c1. The van der Waals surface area contributed by atoms with Crippen molar-refractivity contribution in [3.63, 3.8) is 0 Å². The van der Waals surface area contributed by atoms with Gasteiger partial charge in [0, 0.05) is 0 Å². The Morgan fingerprint density at radius 2 is 2.00 bits per heavy atom. The predicted molar refractivity (Wildman–Crippen MR) is 47.6 cm³/mol. The van der Waals surface area contributed by atoms with E-state index in [1.165, 1.54) is 0 Å². The van der Waals surface area contributed by atoms with Gasteiger partial charge in [0.2, 0.25) is 0 Å². The number of rotatable bonds is 2. The van der Waals surface area contributed by atoms with Crippen LogP contribution in [0.4, 0.5) is 13.2 Å². The Hall–Kier alpha value is -1.76. The van der Waals surface area contributed by atoms with Gasteiger partial charge in [-0.05, 0) is 18.2 Å². The number of halogens is 3. The summed E-state index contributed by atoms with van der Waals surface area (Å²) in [6.45, 7) is 0. The van der Waals surface area contributed by atoms with Gasteiger partial charge in [0.1, 0.15) is 5.56 Å². The number of esters is 1. The highest BCUT2D eigenvalue weighted by Gasteiger charge is 2.35. The third kappa shape index (κ3) is 2.43. The minimum atomic E-state index is -4.65. The van der Waals surface area contributed by atoms with Crippen molar-refractivity contribution in [2.24, 2.45) is 5.90 Å². The molecule has 1 aromatic carbocycles. The number of carbonyl (C=O) groups is 1. The molecule has 16 heavy (non-hydrogen) atoms. The summed E-state index contributed by atoms with van der Waals surface area (Å²) < 4.78 is 41.8. The summed E-state index contributed by atoms with van der Waals surface area (Å²) in [5, 5.41) is 0. The van der Waals surface area contributed by atoms with Crippen molar-refractivity contribution in [3.8, 4) is 5.75 Å². The second-order valence-electron chi connectivity index (χ2n) is 2.82. The highest BCUT2D eigenvalue weighted by atomic mass is 19.4. The summed E-state index contributed by atoms with van der Waals surface area (Å²) in [6, 6.07) is 2.70. The lowest BCUT2D eigenvalue weighted by atomic mass is 10.1. The lowest BCUT2D eigenvalue weighted by molar-refractivity contribution is -0.139. The van der Waals surface area contributed by atoms with Gasteiger partial charge < -0.3 is 9.57 Å². The fourth-order valence-corrected chi connectivity index (χ4v) is 1.10. The van der Waals surface area contributed by atoms with E-state index in [2.05, 4.69) is 15.5 Å². The Labute approximate surface area is 88.7 Å². The molecular formula is C9H8F3NO3. The van der Waals surface area contributed by atoms with Crippen LogP contribution in [0.5, 0.6) is 5.75 Å². The lowest BCUT2D eigenvalue weighted by Crippen LogP contribution is -2.13. The first-order valence-electron chi connectivity index (χ1n) is 4.06. The molecule has 0 amide bonds. The molecule has 1 aromatic rings. The standard InChI is InChI=1S/C9H8F3NO3/c1-15-8(14)5-2-3-7(16-13)6(4-5)9(10,11)12/h2-4H,13H2,1H3. The molecule has 0 heterocycles. The summed E-state index contributed by atoms with van der Waals surface area (Å²) in [7, 11) is 1.07. The van der Waals surface area contributed by atoms with Crippen molar-refractivity contribution < 1.29 is 27.5 Å². The first kappa shape index (κ1) is 12.3. The molecule has 2 N–H and O–H groups in total. The van der Waals surface area contributed by atoms with Crippen molar-refractivity contribution >= 4 is 5.97 Å². The van der Waals surface area contributed by atoms with Crippen LogP contribution in [0, 0.1) is 0 Å². The largest absolute Gasteiger partial charge is 0.465 e. The number of hydrogen-bond acceptors (Lipinski definition) is 4. The quantitative estimate of drug-likeness (QED) is 0.626. The molecule has 1 rings (SSSR count). The molecule has 4 nitrogen and oxygen atoms in total. The Bertz CT molecular complexity index is 403. The van der Waals surface area contributed by atoms with Crippen LogP contribution in [-0.2, 0) is 10.9 Å². The average molecular weight is 235 g/mol. The molecule has 88 valence electrons. The monoisotopic (exact) mass is 235 g/mol. The minimum Gasteiger partial charge on any atom is -0.465 e. The Morgan fingerprint density at radius 1 is 1.38 bits per heavy atom. The van der Waals surface area contributed by atoms with Crippen LogP contribution in [0.2, 0.25) is 0 Å². The van der Waals surface area contributed by atoms with E-state index < -0.39 is 23.5 Å². The van der Waals surface area contributed by atoms with E-state index in [0.717, 1.165) is 19.2 Å². The molecule has 0 saturated heterocycles. The Morgan fingerprint density at radius 3 is 2.44 bits per heavy atom. The van der Waals surface area contributed by atoms with Crippen LogP contribution in [0.15, 0.2) is 18.2 Å². The van der Waals surface area contributed by atoms with E-state index in [-0.39, 0.29) is 5.56 Å². The molecule has 7 heteroatoms. The molecule has 0 aliphatic carbocycles. The molecule has 0 saturated carbocycles. The average Bonchev–Trinajstić information content (AvgIpc) is 2.26. The van der Waals surface area contributed by atoms with Gasteiger partial charge in [-0.25, -0.2) is 4.79 Å². The van der Waals surface area contributed by atoms with E-state index in [4.69, 9.17) is 0 Å². The maximum atomic E-state index is 12.5. The maximum Gasteiger partial charge on any atom is 0.420 e. The summed E-state index contributed by atoms with van der Waals surface area (Å²) in [6.07, 6.45) is -4.65. The van der Waals surface area contributed by atoms with Crippen molar-refractivity contribution in [1.82, 2.24) is 0 Å². The summed E-state index contributed by atoms with van der Waals surface area (Å²) in [4.78, 5) is 15.1. The number of carbonyl (C=O) groups excluding carboxylic acids is 1. The second kappa shape index (κ2) is 4.40. The summed E-state index contributed by atoms with van der Waals surface area (Å²) >= 11 is 0. The Balaban J connectivity index is 3.27. The molecule has 0 bridgehead atoms. The topological polar surface area (TPSA) is 61.5 Å². The van der Waals surface area contributed by atoms with Gasteiger partial charge in [-0.15, -0.1) is 0 Å². The zero-order valence-electron chi connectivity index (χ0n) is 8.17. The highest BCUT2D eigenvalue weighted by molar-refractivity contribution is 5.89. The third-order valence-electron chi connectivity index (χ3n) is 1.83. The number of methoxy groups -OCH3 is 1. The first-order valence-corrected chi connectivity index (χ1v) is 4.06. The number of benzene rings is 1. The zero-order valence-corrected chi connectivity index (χ0v) is 8.17. The van der Waals surface area contributed by atoms with E-state index in [1.807, 2.05) is 0 Å². The number of nitrogens with two attached hydrogens (primary N) is 1. The van der Waals surface area contributed by atoms with Crippen molar-refractivity contribution in [3.05, 3.63) is 29.3 Å². The normalized spacial score (nSPS) is 11.1. The van der Waals surface area contributed by atoms with Crippen LogP contribution in [0.25, 0.3) is 0 Å². The van der Waals surface area contributed by atoms with Crippen LogP contribution < -0.4 is 10.7 Å². The number of hydrogen-bond donors (Lipinski definition) is 1. The molecule has 0 aliphatic heterocycles. The maximum absolute atomic E-state index is 12.5. The smallest absolute Gasteiger partial charge is 0.420 e. The minimum absolute atomic E-state index is 0.226. The van der Waals surface area contributed by atoms with Gasteiger partial charge in [0.05, 0.1) is 12.7 Å². The molecule has 0 aromatic heterocycles. The third-order valence-corrected chi connectivity index (χ3v) is 1.83. The van der Waals surface area contributed by atoms with E-state index in [9.17, 15) is 18.0 Å². The Kier molecular flexibility index (Phi) is 3.38. The zero-order chi connectivity index (χ0) is 12.3. The fraction of sp³-hybridized carbons (Fsp3) is 0.222. The summed E-state index contributed by atoms with van der Waals surface area (Å²) in [5.74, 6) is 3.27. The van der Waals surface area contributed by atoms with Gasteiger partial charge in [-0.1, -0.05) is 0 Å². The molecule has 0 fully saturated rings. The van der Waals surface area contributed by atoms with E-state index >= 15 is 0 Å². The second-order valence-corrected chi connectivity index (χ2v) is 2.82. The highest BCUT2D eigenvalue weighted by Crippen LogP contribution is 2.36.